The van der Waals surface area contributed by atoms with E-state index in [9.17, 15) is 4.39 Å². The Bertz CT molecular complexity index is 621. The molecule has 1 aromatic carbocycles. The average Bonchev–Trinajstić information content (AvgIpc) is 3.00. The van der Waals surface area contributed by atoms with E-state index in [4.69, 9.17) is 0 Å². The van der Waals surface area contributed by atoms with Crippen LogP contribution in [0, 0.1) is 12.7 Å². The number of nitrogens with one attached hydrogen (secondary N) is 1. The lowest BCUT2D eigenvalue weighted by atomic mass is 10.1. The summed E-state index contributed by atoms with van der Waals surface area (Å²) in [6.45, 7) is 4.62. The SMILES string of the molecule is Cc1ccncc1CNc1ccc(N2CCCC2)c(F)c1. The highest BCUT2D eigenvalue weighted by Crippen LogP contribution is 2.26. The molecule has 1 aliphatic rings. The number of aryl methyl sites for hydroxylation is 1. The lowest BCUT2D eigenvalue weighted by Gasteiger charge is -2.19. The van der Waals surface area contributed by atoms with Crippen LogP contribution in [0.15, 0.2) is 36.7 Å². The fourth-order valence-corrected chi connectivity index (χ4v) is 2.71. The van der Waals surface area contributed by atoms with E-state index in [1.165, 1.54) is 5.56 Å². The molecule has 21 heavy (non-hydrogen) atoms. The zero-order valence-electron chi connectivity index (χ0n) is 12.3. The maximum atomic E-state index is 14.2. The number of nitrogens with zero attached hydrogens (tertiary/aromatic N) is 2. The van der Waals surface area contributed by atoms with Crippen molar-refractivity contribution < 1.29 is 4.39 Å². The molecule has 3 rings (SSSR count). The number of anilines is 2. The summed E-state index contributed by atoms with van der Waals surface area (Å²) in [6.07, 6.45) is 5.93. The van der Waals surface area contributed by atoms with Crippen molar-refractivity contribution in [3.63, 3.8) is 0 Å². The van der Waals surface area contributed by atoms with E-state index in [-0.39, 0.29) is 5.82 Å². The van der Waals surface area contributed by atoms with Gasteiger partial charge in [0.25, 0.3) is 0 Å². The molecule has 0 unspecified atom stereocenters. The molecule has 4 heteroatoms. The second-order valence-electron chi connectivity index (χ2n) is 5.52. The smallest absolute Gasteiger partial charge is 0.148 e. The van der Waals surface area contributed by atoms with Gasteiger partial charge in [-0.25, -0.2) is 4.39 Å². The molecule has 1 N–H and O–H groups in total. The molecule has 2 heterocycles. The van der Waals surface area contributed by atoms with Crippen molar-refractivity contribution in [3.8, 4) is 0 Å². The number of pyridine rings is 1. The first-order chi connectivity index (χ1) is 10.2. The molecule has 3 nitrogen and oxygen atoms in total. The molecule has 1 aromatic heterocycles. The molecule has 0 atom stereocenters. The molecule has 0 saturated carbocycles. The van der Waals surface area contributed by atoms with Crippen LogP contribution in [0.3, 0.4) is 0 Å². The van der Waals surface area contributed by atoms with Gasteiger partial charge in [0.15, 0.2) is 0 Å². The van der Waals surface area contributed by atoms with E-state index in [1.807, 2.05) is 24.4 Å². The molecule has 0 amide bonds. The standard InChI is InChI=1S/C17H20FN3/c1-13-6-7-19-11-14(13)12-20-15-4-5-17(16(18)10-15)21-8-2-3-9-21/h4-7,10-11,20H,2-3,8-9,12H2,1H3. The Morgan fingerprint density at radius 1 is 1.24 bits per heavy atom. The van der Waals surface area contributed by atoms with Crippen molar-refractivity contribution in [1.82, 2.24) is 4.98 Å². The second-order valence-corrected chi connectivity index (χ2v) is 5.52. The van der Waals surface area contributed by atoms with Crippen LogP contribution in [0.5, 0.6) is 0 Å². The van der Waals surface area contributed by atoms with E-state index >= 15 is 0 Å². The van der Waals surface area contributed by atoms with E-state index in [0.717, 1.165) is 42.9 Å². The number of hydrogen-bond donors (Lipinski definition) is 1. The van der Waals surface area contributed by atoms with Crippen LogP contribution in [0.25, 0.3) is 0 Å². The Labute approximate surface area is 124 Å². The molecular formula is C17H20FN3. The Balaban J connectivity index is 1.69. The maximum absolute atomic E-state index is 14.2. The molecule has 0 bridgehead atoms. The Morgan fingerprint density at radius 3 is 2.76 bits per heavy atom. The van der Waals surface area contributed by atoms with Gasteiger partial charge in [0.05, 0.1) is 5.69 Å². The quantitative estimate of drug-likeness (QED) is 0.927. The highest BCUT2D eigenvalue weighted by Gasteiger charge is 2.16. The van der Waals surface area contributed by atoms with Crippen LogP contribution in [0.1, 0.15) is 24.0 Å². The zero-order valence-corrected chi connectivity index (χ0v) is 12.3. The first kappa shape index (κ1) is 13.9. The van der Waals surface area contributed by atoms with E-state index < -0.39 is 0 Å². The largest absolute Gasteiger partial charge is 0.381 e. The summed E-state index contributed by atoms with van der Waals surface area (Å²) in [6, 6.07) is 7.38. The minimum atomic E-state index is -0.148. The van der Waals surface area contributed by atoms with E-state index in [0.29, 0.717) is 6.54 Å². The topological polar surface area (TPSA) is 28.2 Å². The third-order valence-corrected chi connectivity index (χ3v) is 4.02. The van der Waals surface area contributed by atoms with Gasteiger partial charge in [-0.3, -0.25) is 4.98 Å². The molecule has 0 spiro atoms. The Hall–Kier alpha value is -2.10. The molecule has 110 valence electrons. The molecule has 0 aliphatic carbocycles. The molecular weight excluding hydrogens is 265 g/mol. The average molecular weight is 285 g/mol. The predicted octanol–water partition coefficient (Wildman–Crippen LogP) is 3.74. The van der Waals surface area contributed by atoms with Crippen LogP contribution < -0.4 is 10.2 Å². The number of benzene rings is 1. The summed E-state index contributed by atoms with van der Waals surface area (Å²) < 4.78 is 14.2. The Kier molecular flexibility index (Phi) is 4.04. The molecule has 1 aliphatic heterocycles. The number of aromatic nitrogens is 1. The van der Waals surface area contributed by atoms with Crippen molar-refractivity contribution in [2.75, 3.05) is 23.3 Å². The van der Waals surface area contributed by atoms with Crippen molar-refractivity contribution in [1.29, 1.82) is 0 Å². The van der Waals surface area contributed by atoms with E-state index in [1.54, 1.807) is 12.3 Å². The zero-order chi connectivity index (χ0) is 14.7. The summed E-state index contributed by atoms with van der Waals surface area (Å²) in [7, 11) is 0. The Morgan fingerprint density at radius 2 is 2.05 bits per heavy atom. The van der Waals surface area contributed by atoms with Gasteiger partial charge in [-0.15, -0.1) is 0 Å². The lowest BCUT2D eigenvalue weighted by molar-refractivity contribution is 0.623. The van der Waals surface area contributed by atoms with Gasteiger partial charge in [0.2, 0.25) is 0 Å². The van der Waals surface area contributed by atoms with Crippen LogP contribution in [-0.2, 0) is 6.54 Å². The van der Waals surface area contributed by atoms with Gasteiger partial charge in [0, 0.05) is 37.7 Å². The third kappa shape index (κ3) is 3.15. The summed E-state index contributed by atoms with van der Waals surface area (Å²) >= 11 is 0. The number of hydrogen-bond acceptors (Lipinski definition) is 3. The van der Waals surface area contributed by atoms with Crippen LogP contribution in [-0.4, -0.2) is 18.1 Å². The molecule has 2 aromatic rings. The predicted molar refractivity (Wildman–Crippen MR) is 84.1 cm³/mol. The monoisotopic (exact) mass is 285 g/mol. The first-order valence-corrected chi connectivity index (χ1v) is 7.42. The van der Waals surface area contributed by atoms with E-state index in [2.05, 4.69) is 22.1 Å². The first-order valence-electron chi connectivity index (χ1n) is 7.42. The summed E-state index contributed by atoms with van der Waals surface area (Å²) in [5, 5.41) is 3.26. The van der Waals surface area contributed by atoms with Crippen molar-refractivity contribution in [3.05, 3.63) is 53.6 Å². The summed E-state index contributed by atoms with van der Waals surface area (Å²) in [5.74, 6) is -0.148. The van der Waals surface area contributed by atoms with Crippen molar-refractivity contribution in [2.45, 2.75) is 26.3 Å². The van der Waals surface area contributed by atoms with Gasteiger partial charge >= 0.3 is 0 Å². The minimum absolute atomic E-state index is 0.148. The van der Waals surface area contributed by atoms with Crippen molar-refractivity contribution >= 4 is 11.4 Å². The minimum Gasteiger partial charge on any atom is -0.381 e. The van der Waals surface area contributed by atoms with Gasteiger partial charge in [-0.05, 0) is 55.2 Å². The lowest BCUT2D eigenvalue weighted by Crippen LogP contribution is -2.19. The number of rotatable bonds is 4. The maximum Gasteiger partial charge on any atom is 0.148 e. The summed E-state index contributed by atoms with van der Waals surface area (Å²) in [4.78, 5) is 6.24. The molecule has 0 radical (unpaired) electrons. The fourth-order valence-electron chi connectivity index (χ4n) is 2.71. The van der Waals surface area contributed by atoms with Gasteiger partial charge in [-0.2, -0.15) is 0 Å². The van der Waals surface area contributed by atoms with Gasteiger partial charge < -0.3 is 10.2 Å². The fraction of sp³-hybridized carbons (Fsp3) is 0.353. The van der Waals surface area contributed by atoms with Crippen LogP contribution in [0.2, 0.25) is 0 Å². The summed E-state index contributed by atoms with van der Waals surface area (Å²) in [5.41, 5.74) is 3.84. The highest BCUT2D eigenvalue weighted by atomic mass is 19.1. The highest BCUT2D eigenvalue weighted by molar-refractivity contribution is 5.57. The second kappa shape index (κ2) is 6.12. The van der Waals surface area contributed by atoms with Gasteiger partial charge in [0.1, 0.15) is 5.82 Å². The van der Waals surface area contributed by atoms with Crippen molar-refractivity contribution in [2.24, 2.45) is 0 Å². The third-order valence-electron chi connectivity index (χ3n) is 4.02. The molecule has 1 saturated heterocycles. The molecule has 1 fully saturated rings. The van der Waals surface area contributed by atoms with Crippen LogP contribution in [0.4, 0.5) is 15.8 Å². The number of halogens is 1. The van der Waals surface area contributed by atoms with Crippen LogP contribution >= 0.6 is 0 Å². The normalized spacial score (nSPS) is 14.5. The van der Waals surface area contributed by atoms with Gasteiger partial charge in [-0.1, -0.05) is 0 Å².